The van der Waals surface area contributed by atoms with Crippen molar-refractivity contribution in [2.75, 3.05) is 0 Å². The molecule has 4 nitrogen and oxygen atoms in total. The van der Waals surface area contributed by atoms with E-state index in [4.69, 9.17) is 20.8 Å². The topological polar surface area (TPSA) is 47.3 Å². The van der Waals surface area contributed by atoms with E-state index in [-0.39, 0.29) is 11.6 Å². The standard InChI is InChI=1S/C14H16BrClN2O2/c1-14(2,3)17-7-10-8-19-13(18-10)20-12-5-4-9(16)6-11(12)15/h4-6,8,17H,7H2,1-3H3. The largest absolute Gasteiger partial charge is 0.417 e. The number of halogens is 2. The quantitative estimate of drug-likeness (QED) is 0.854. The number of nitrogens with one attached hydrogen (secondary N) is 1. The number of nitrogens with zero attached hydrogens (tertiary/aromatic N) is 1. The average Bonchev–Trinajstić information content (AvgIpc) is 2.77. The Hall–Kier alpha value is -1.04. The number of oxazole rings is 1. The van der Waals surface area contributed by atoms with E-state index in [0.29, 0.717) is 17.3 Å². The SMILES string of the molecule is CC(C)(C)NCc1coc(Oc2ccc(Cl)cc2Br)n1. The van der Waals surface area contributed by atoms with Crippen molar-refractivity contribution in [2.24, 2.45) is 0 Å². The Labute approximate surface area is 131 Å². The zero-order valence-corrected chi connectivity index (χ0v) is 13.9. The second kappa shape index (κ2) is 6.16. The molecule has 20 heavy (non-hydrogen) atoms. The molecule has 1 heterocycles. The molecule has 0 atom stereocenters. The minimum Gasteiger partial charge on any atom is -0.417 e. The van der Waals surface area contributed by atoms with Crippen molar-refractivity contribution in [3.63, 3.8) is 0 Å². The minimum atomic E-state index is 0.0270. The van der Waals surface area contributed by atoms with Crippen molar-refractivity contribution in [1.29, 1.82) is 0 Å². The smallest absolute Gasteiger partial charge is 0.399 e. The maximum Gasteiger partial charge on any atom is 0.399 e. The predicted molar refractivity (Wildman–Crippen MR) is 82.3 cm³/mol. The molecule has 0 unspecified atom stereocenters. The first-order valence-electron chi connectivity index (χ1n) is 6.16. The van der Waals surface area contributed by atoms with E-state index in [1.807, 2.05) is 0 Å². The predicted octanol–water partition coefficient (Wildman–Crippen LogP) is 4.77. The monoisotopic (exact) mass is 358 g/mol. The van der Waals surface area contributed by atoms with E-state index >= 15 is 0 Å². The molecule has 1 aromatic heterocycles. The van der Waals surface area contributed by atoms with Crippen LogP contribution in [0.4, 0.5) is 0 Å². The van der Waals surface area contributed by atoms with Crippen molar-refractivity contribution in [1.82, 2.24) is 10.3 Å². The van der Waals surface area contributed by atoms with Crippen LogP contribution in [-0.4, -0.2) is 10.5 Å². The molecule has 6 heteroatoms. The first-order chi connectivity index (χ1) is 9.33. The molecule has 0 radical (unpaired) electrons. The van der Waals surface area contributed by atoms with E-state index in [1.165, 1.54) is 0 Å². The van der Waals surface area contributed by atoms with Gasteiger partial charge < -0.3 is 14.5 Å². The summed E-state index contributed by atoms with van der Waals surface area (Å²) in [5.74, 6) is 0.603. The fourth-order valence-electron chi connectivity index (χ4n) is 1.42. The van der Waals surface area contributed by atoms with Crippen LogP contribution >= 0.6 is 27.5 Å². The highest BCUT2D eigenvalue weighted by Gasteiger charge is 2.12. The Bertz CT molecular complexity index is 593. The third-order valence-electron chi connectivity index (χ3n) is 2.42. The summed E-state index contributed by atoms with van der Waals surface area (Å²) in [6.45, 7) is 6.90. The van der Waals surface area contributed by atoms with Crippen LogP contribution in [-0.2, 0) is 6.54 Å². The van der Waals surface area contributed by atoms with Gasteiger partial charge in [-0.15, -0.1) is 0 Å². The van der Waals surface area contributed by atoms with E-state index in [2.05, 4.69) is 47.0 Å². The van der Waals surface area contributed by atoms with Gasteiger partial charge >= 0.3 is 6.08 Å². The van der Waals surface area contributed by atoms with E-state index in [9.17, 15) is 0 Å². The molecule has 0 spiro atoms. The number of hydrogen-bond donors (Lipinski definition) is 1. The van der Waals surface area contributed by atoms with Crippen molar-refractivity contribution in [3.8, 4) is 11.8 Å². The summed E-state index contributed by atoms with van der Waals surface area (Å²) >= 11 is 9.25. The fraction of sp³-hybridized carbons (Fsp3) is 0.357. The summed E-state index contributed by atoms with van der Waals surface area (Å²) < 4.78 is 11.6. The molecule has 2 rings (SSSR count). The van der Waals surface area contributed by atoms with E-state index < -0.39 is 0 Å². The summed E-state index contributed by atoms with van der Waals surface area (Å²) in [5.41, 5.74) is 0.819. The Balaban J connectivity index is 2.02. The van der Waals surface area contributed by atoms with E-state index in [0.717, 1.165) is 10.2 Å². The molecule has 0 aliphatic carbocycles. The lowest BCUT2D eigenvalue weighted by Gasteiger charge is -2.19. The fourth-order valence-corrected chi connectivity index (χ4v) is 2.19. The van der Waals surface area contributed by atoms with Crippen LogP contribution in [0.25, 0.3) is 0 Å². The molecule has 0 saturated heterocycles. The molecule has 0 aliphatic heterocycles. The van der Waals surface area contributed by atoms with Gasteiger partial charge in [0.15, 0.2) is 0 Å². The van der Waals surface area contributed by atoms with Crippen LogP contribution in [0.1, 0.15) is 26.5 Å². The van der Waals surface area contributed by atoms with Gasteiger partial charge in [0.2, 0.25) is 0 Å². The van der Waals surface area contributed by atoms with Crippen LogP contribution < -0.4 is 10.1 Å². The summed E-state index contributed by atoms with van der Waals surface area (Å²) in [6.07, 6.45) is 1.79. The van der Waals surface area contributed by atoms with Gasteiger partial charge in [0.25, 0.3) is 0 Å². The second-order valence-corrected chi connectivity index (χ2v) is 6.68. The van der Waals surface area contributed by atoms with Crippen LogP contribution in [0.2, 0.25) is 5.02 Å². The molecule has 0 aliphatic rings. The van der Waals surface area contributed by atoms with Crippen LogP contribution in [0, 0.1) is 0 Å². The maximum atomic E-state index is 5.88. The normalized spacial score (nSPS) is 11.7. The summed E-state index contributed by atoms with van der Waals surface area (Å²) in [6, 6.07) is 5.25. The van der Waals surface area contributed by atoms with Crippen molar-refractivity contribution < 1.29 is 9.15 Å². The molecule has 0 saturated carbocycles. The molecule has 2 aromatic rings. The molecule has 1 N–H and O–H groups in total. The van der Waals surface area contributed by atoms with Gasteiger partial charge in [-0.05, 0) is 54.9 Å². The Morgan fingerprint density at radius 2 is 2.15 bits per heavy atom. The summed E-state index contributed by atoms with van der Waals surface area (Å²) in [4.78, 5) is 4.27. The highest BCUT2D eigenvalue weighted by Crippen LogP contribution is 2.31. The van der Waals surface area contributed by atoms with Gasteiger partial charge in [-0.3, -0.25) is 0 Å². The maximum absolute atomic E-state index is 5.88. The van der Waals surface area contributed by atoms with Crippen molar-refractivity contribution in [2.45, 2.75) is 32.9 Å². The molecule has 0 amide bonds. The molecule has 1 aromatic carbocycles. The van der Waals surface area contributed by atoms with E-state index in [1.54, 1.807) is 24.5 Å². The van der Waals surface area contributed by atoms with Gasteiger partial charge in [-0.2, -0.15) is 4.98 Å². The number of ether oxygens (including phenoxy) is 1. The van der Waals surface area contributed by atoms with Gasteiger partial charge in [0.1, 0.15) is 12.0 Å². The molecular weight excluding hydrogens is 344 g/mol. The minimum absolute atomic E-state index is 0.0270. The lowest BCUT2D eigenvalue weighted by Crippen LogP contribution is -2.35. The zero-order valence-electron chi connectivity index (χ0n) is 11.5. The molecular formula is C14H16BrClN2O2. The lowest BCUT2D eigenvalue weighted by atomic mass is 10.1. The number of hydrogen-bond acceptors (Lipinski definition) is 4. The molecule has 0 fully saturated rings. The Morgan fingerprint density at radius 3 is 2.80 bits per heavy atom. The van der Waals surface area contributed by atoms with Crippen LogP contribution in [0.3, 0.4) is 0 Å². The second-order valence-electron chi connectivity index (χ2n) is 5.39. The summed E-state index contributed by atoms with van der Waals surface area (Å²) in [5, 5.41) is 3.96. The van der Waals surface area contributed by atoms with Gasteiger partial charge in [0, 0.05) is 17.1 Å². The van der Waals surface area contributed by atoms with Crippen LogP contribution in [0.15, 0.2) is 33.4 Å². The van der Waals surface area contributed by atoms with Crippen LogP contribution in [0.5, 0.6) is 11.8 Å². The number of benzene rings is 1. The van der Waals surface area contributed by atoms with Gasteiger partial charge in [-0.1, -0.05) is 11.6 Å². The first-order valence-corrected chi connectivity index (χ1v) is 7.33. The molecule has 0 bridgehead atoms. The van der Waals surface area contributed by atoms with Gasteiger partial charge in [-0.25, -0.2) is 0 Å². The zero-order chi connectivity index (χ0) is 14.8. The van der Waals surface area contributed by atoms with Crippen molar-refractivity contribution >= 4 is 27.5 Å². The third-order valence-corrected chi connectivity index (χ3v) is 3.28. The van der Waals surface area contributed by atoms with Gasteiger partial charge in [0.05, 0.1) is 10.2 Å². The number of aromatic nitrogens is 1. The first kappa shape index (κ1) is 15.4. The highest BCUT2D eigenvalue weighted by atomic mass is 79.9. The lowest BCUT2D eigenvalue weighted by molar-refractivity contribution is 0.329. The van der Waals surface area contributed by atoms with Crippen molar-refractivity contribution in [3.05, 3.63) is 39.7 Å². The Kier molecular flexibility index (Phi) is 4.73. The average molecular weight is 360 g/mol. The summed E-state index contributed by atoms with van der Waals surface area (Å²) in [7, 11) is 0. The third kappa shape index (κ3) is 4.51. The molecule has 108 valence electrons. The number of rotatable bonds is 4. The highest BCUT2D eigenvalue weighted by molar-refractivity contribution is 9.10. The Morgan fingerprint density at radius 1 is 1.40 bits per heavy atom.